The van der Waals surface area contributed by atoms with Crippen molar-refractivity contribution in [3.63, 3.8) is 0 Å². The lowest BCUT2D eigenvalue weighted by Crippen LogP contribution is -2.20. The van der Waals surface area contributed by atoms with Crippen molar-refractivity contribution in [1.29, 1.82) is 0 Å². The smallest absolute Gasteiger partial charge is 0.258 e. The molecule has 0 bridgehead atoms. The Morgan fingerprint density at radius 1 is 1.03 bits per heavy atom. The number of carbonyl (C=O) groups excluding carboxylic acids is 1. The fraction of sp³-hybridized carbons (Fsp3) is 0.0800. The molecule has 164 valence electrons. The summed E-state index contributed by atoms with van der Waals surface area (Å²) in [5.74, 6) is -0.194. The molecular weight excluding hydrogens is 441 g/mol. The summed E-state index contributed by atoms with van der Waals surface area (Å²) in [5.41, 5.74) is 4.29. The van der Waals surface area contributed by atoms with Crippen LogP contribution < -0.4 is 10.6 Å². The van der Waals surface area contributed by atoms with Crippen LogP contribution in [-0.4, -0.2) is 20.7 Å². The molecule has 1 atom stereocenters. The van der Waals surface area contributed by atoms with Crippen molar-refractivity contribution in [1.82, 2.24) is 14.8 Å². The van der Waals surface area contributed by atoms with Crippen LogP contribution in [-0.2, 0) is 0 Å². The number of halogens is 2. The van der Waals surface area contributed by atoms with Crippen LogP contribution in [0.1, 0.15) is 33.1 Å². The van der Waals surface area contributed by atoms with Gasteiger partial charge >= 0.3 is 0 Å². The van der Waals surface area contributed by atoms with E-state index in [9.17, 15) is 9.18 Å². The van der Waals surface area contributed by atoms with E-state index in [1.807, 2.05) is 55.5 Å². The van der Waals surface area contributed by atoms with Crippen LogP contribution in [0, 0.1) is 12.7 Å². The Hall–Kier alpha value is -3.97. The van der Waals surface area contributed by atoms with Gasteiger partial charge in [0.2, 0.25) is 5.95 Å². The highest BCUT2D eigenvalue weighted by Crippen LogP contribution is 2.33. The third-order valence-corrected chi connectivity index (χ3v) is 5.62. The summed E-state index contributed by atoms with van der Waals surface area (Å²) in [6.07, 6.45) is 2.06. The number of aromatic nitrogens is 3. The molecule has 1 aromatic heterocycles. The van der Waals surface area contributed by atoms with Crippen molar-refractivity contribution < 1.29 is 9.18 Å². The second-order valence-corrected chi connectivity index (χ2v) is 8.17. The van der Waals surface area contributed by atoms with Crippen LogP contribution in [0.15, 0.2) is 78.9 Å². The maximum absolute atomic E-state index is 13.2. The summed E-state index contributed by atoms with van der Waals surface area (Å²) in [6, 6.07) is 20.7. The maximum atomic E-state index is 13.2. The van der Waals surface area contributed by atoms with Crippen LogP contribution in [0.25, 0.3) is 5.70 Å². The molecule has 1 unspecified atom stereocenters. The third kappa shape index (κ3) is 4.36. The third-order valence-electron chi connectivity index (χ3n) is 5.37. The SMILES string of the molecule is Cc1ccc(C2C=C(c3ccc(Cl)cc3)Nc3nc(NC(=O)c4ccc(F)cc4)nn32)cc1. The van der Waals surface area contributed by atoms with E-state index in [0.717, 1.165) is 22.4 Å². The molecule has 4 aromatic rings. The minimum absolute atomic E-state index is 0.148. The van der Waals surface area contributed by atoms with Gasteiger partial charge in [0.25, 0.3) is 11.9 Å². The van der Waals surface area contributed by atoms with Crippen molar-refractivity contribution in [2.24, 2.45) is 0 Å². The van der Waals surface area contributed by atoms with Crippen LogP contribution in [0.5, 0.6) is 0 Å². The standard InChI is InChI=1S/C25H19ClFN5O/c1-15-2-4-17(5-3-15)22-14-21(16-6-10-19(26)11-7-16)28-25-30-24(31-32(22)25)29-23(33)18-8-12-20(27)13-9-18/h2-14,22H,1H3,(H2,28,29,30,31,33). The molecule has 1 aliphatic heterocycles. The summed E-state index contributed by atoms with van der Waals surface area (Å²) in [5, 5.41) is 11.2. The number of aryl methyl sites for hydroxylation is 1. The number of carbonyl (C=O) groups is 1. The zero-order valence-corrected chi connectivity index (χ0v) is 18.3. The van der Waals surface area contributed by atoms with Crippen molar-refractivity contribution in [3.05, 3.63) is 112 Å². The molecule has 3 aromatic carbocycles. The maximum Gasteiger partial charge on any atom is 0.258 e. The van der Waals surface area contributed by atoms with E-state index in [-0.39, 0.29) is 12.0 Å². The minimum Gasteiger partial charge on any atom is -0.324 e. The average molecular weight is 460 g/mol. The van der Waals surface area contributed by atoms with Crippen molar-refractivity contribution in [2.75, 3.05) is 10.6 Å². The number of hydrogen-bond donors (Lipinski definition) is 2. The van der Waals surface area contributed by atoms with Gasteiger partial charge in [0.05, 0.1) is 0 Å². The predicted molar refractivity (Wildman–Crippen MR) is 127 cm³/mol. The van der Waals surface area contributed by atoms with Gasteiger partial charge in [-0.05, 0) is 60.5 Å². The van der Waals surface area contributed by atoms with E-state index in [4.69, 9.17) is 11.6 Å². The number of hydrogen-bond acceptors (Lipinski definition) is 4. The molecule has 6 nitrogen and oxygen atoms in total. The molecule has 0 aliphatic carbocycles. The molecule has 2 heterocycles. The number of anilines is 2. The molecule has 1 aliphatic rings. The highest BCUT2D eigenvalue weighted by atomic mass is 35.5. The largest absolute Gasteiger partial charge is 0.324 e. The fourth-order valence-corrected chi connectivity index (χ4v) is 3.75. The molecule has 0 radical (unpaired) electrons. The lowest BCUT2D eigenvalue weighted by atomic mass is 10.0. The van der Waals surface area contributed by atoms with Gasteiger partial charge < -0.3 is 5.32 Å². The second kappa shape index (κ2) is 8.52. The molecule has 0 fully saturated rings. The molecule has 0 saturated carbocycles. The summed E-state index contributed by atoms with van der Waals surface area (Å²) in [7, 11) is 0. The first kappa shape index (κ1) is 20.9. The van der Waals surface area contributed by atoms with Crippen LogP contribution in [0.3, 0.4) is 0 Å². The summed E-state index contributed by atoms with van der Waals surface area (Å²) >= 11 is 6.05. The van der Waals surface area contributed by atoms with E-state index >= 15 is 0 Å². The molecule has 33 heavy (non-hydrogen) atoms. The van der Waals surface area contributed by atoms with Gasteiger partial charge in [-0.25, -0.2) is 9.07 Å². The monoisotopic (exact) mass is 459 g/mol. The van der Waals surface area contributed by atoms with Gasteiger partial charge in [0, 0.05) is 16.3 Å². The van der Waals surface area contributed by atoms with Gasteiger partial charge in [-0.2, -0.15) is 4.98 Å². The van der Waals surface area contributed by atoms with Gasteiger partial charge in [-0.3, -0.25) is 10.1 Å². The Kier molecular flexibility index (Phi) is 5.40. The normalized spacial score (nSPS) is 14.8. The lowest BCUT2D eigenvalue weighted by molar-refractivity contribution is 0.102. The highest BCUT2D eigenvalue weighted by molar-refractivity contribution is 6.30. The fourth-order valence-electron chi connectivity index (χ4n) is 3.62. The number of rotatable bonds is 4. The Morgan fingerprint density at radius 3 is 2.42 bits per heavy atom. The quantitative estimate of drug-likeness (QED) is 0.411. The Labute approximate surface area is 194 Å². The Balaban J connectivity index is 1.50. The average Bonchev–Trinajstić information content (AvgIpc) is 3.22. The molecule has 2 N–H and O–H groups in total. The van der Waals surface area contributed by atoms with Gasteiger partial charge in [0.1, 0.15) is 11.9 Å². The van der Waals surface area contributed by atoms with Gasteiger partial charge in [-0.1, -0.05) is 53.6 Å². The number of nitrogens with one attached hydrogen (secondary N) is 2. The first-order valence-corrected chi connectivity index (χ1v) is 10.7. The first-order valence-electron chi connectivity index (χ1n) is 10.3. The predicted octanol–water partition coefficient (Wildman–Crippen LogP) is 5.69. The van der Waals surface area contributed by atoms with Crippen LogP contribution >= 0.6 is 11.6 Å². The second-order valence-electron chi connectivity index (χ2n) is 7.73. The minimum atomic E-state index is -0.421. The number of benzene rings is 3. The Morgan fingerprint density at radius 2 is 1.73 bits per heavy atom. The summed E-state index contributed by atoms with van der Waals surface area (Å²) in [6.45, 7) is 2.03. The molecule has 1 amide bonds. The van der Waals surface area contributed by atoms with Crippen molar-refractivity contribution >= 4 is 35.1 Å². The highest BCUT2D eigenvalue weighted by Gasteiger charge is 2.26. The van der Waals surface area contributed by atoms with Crippen LogP contribution in [0.4, 0.5) is 16.3 Å². The van der Waals surface area contributed by atoms with Crippen molar-refractivity contribution in [3.8, 4) is 0 Å². The molecule has 5 rings (SSSR count). The topological polar surface area (TPSA) is 71.8 Å². The molecule has 0 saturated heterocycles. The van der Waals surface area contributed by atoms with Crippen molar-refractivity contribution in [2.45, 2.75) is 13.0 Å². The van der Waals surface area contributed by atoms with E-state index in [2.05, 4.69) is 26.8 Å². The summed E-state index contributed by atoms with van der Waals surface area (Å²) < 4.78 is 14.9. The summed E-state index contributed by atoms with van der Waals surface area (Å²) in [4.78, 5) is 17.1. The number of nitrogens with zero attached hydrogens (tertiary/aromatic N) is 3. The zero-order chi connectivity index (χ0) is 22.9. The molecule has 8 heteroatoms. The zero-order valence-electron chi connectivity index (χ0n) is 17.6. The van der Waals surface area contributed by atoms with E-state index in [1.54, 1.807) is 4.68 Å². The van der Waals surface area contributed by atoms with Crippen LogP contribution in [0.2, 0.25) is 5.02 Å². The van der Waals surface area contributed by atoms with E-state index < -0.39 is 11.7 Å². The van der Waals surface area contributed by atoms with E-state index in [1.165, 1.54) is 24.3 Å². The van der Waals surface area contributed by atoms with E-state index in [0.29, 0.717) is 16.5 Å². The molecule has 0 spiro atoms. The van der Waals surface area contributed by atoms with Gasteiger partial charge in [0.15, 0.2) is 0 Å². The number of allylic oxidation sites excluding steroid dienone is 1. The van der Waals surface area contributed by atoms with Gasteiger partial charge in [-0.15, -0.1) is 5.10 Å². The molecular formula is C25H19ClFN5O. The Bertz CT molecular complexity index is 1350. The lowest BCUT2D eigenvalue weighted by Gasteiger charge is -2.24. The number of amides is 1. The number of fused-ring (bicyclic) bond motifs is 1. The first-order chi connectivity index (χ1) is 16.0.